The normalized spacial score (nSPS) is 22.1. The topological polar surface area (TPSA) is 74.2 Å². The zero-order valence-corrected chi connectivity index (χ0v) is 19.4. The number of aryl methyl sites for hydroxylation is 1. The summed E-state index contributed by atoms with van der Waals surface area (Å²) in [4.78, 5) is 19.0. The molecule has 6 nitrogen and oxygen atoms in total. The molecule has 3 aromatic rings. The molecule has 1 aliphatic heterocycles. The van der Waals surface area contributed by atoms with Crippen LogP contribution in [0.15, 0.2) is 29.1 Å². The van der Waals surface area contributed by atoms with Crippen LogP contribution in [0, 0.1) is 0 Å². The number of aromatic nitrogens is 3. The third-order valence-corrected chi connectivity index (χ3v) is 8.15. The van der Waals surface area contributed by atoms with Crippen molar-refractivity contribution in [1.82, 2.24) is 19.7 Å². The van der Waals surface area contributed by atoms with Gasteiger partial charge in [0.25, 0.3) is 5.56 Å². The Kier molecular flexibility index (Phi) is 5.49. The maximum absolute atomic E-state index is 13.0. The Hall–Kier alpha value is -2.60. The van der Waals surface area contributed by atoms with Crippen LogP contribution < -0.4 is 5.56 Å². The van der Waals surface area contributed by atoms with Crippen molar-refractivity contribution < 1.29 is 5.11 Å². The molecule has 1 atom stereocenters. The molecule has 1 saturated heterocycles. The Balaban J connectivity index is 1.49. The number of nitrogens with one attached hydrogen (secondary N) is 1. The molecule has 1 saturated carbocycles. The van der Waals surface area contributed by atoms with Gasteiger partial charge in [0.15, 0.2) is 0 Å². The van der Waals surface area contributed by atoms with Crippen molar-refractivity contribution in [3.05, 3.63) is 57.0 Å². The molecule has 174 valence electrons. The number of aromatic amines is 1. The van der Waals surface area contributed by atoms with Gasteiger partial charge in [-0.05, 0) is 81.2 Å². The first kappa shape index (κ1) is 21.0. The van der Waals surface area contributed by atoms with Crippen LogP contribution in [0.5, 0.6) is 5.75 Å². The molecule has 0 bridgehead atoms. The molecular formula is C27H34N4O2. The van der Waals surface area contributed by atoms with E-state index in [9.17, 15) is 9.90 Å². The van der Waals surface area contributed by atoms with Crippen LogP contribution in [0.25, 0.3) is 11.0 Å². The smallest absolute Gasteiger partial charge is 0.253 e. The minimum atomic E-state index is 0.0522. The van der Waals surface area contributed by atoms with Crippen LogP contribution in [-0.4, -0.2) is 37.4 Å². The number of aromatic hydroxyl groups is 1. The van der Waals surface area contributed by atoms with E-state index in [1.165, 1.54) is 55.2 Å². The summed E-state index contributed by atoms with van der Waals surface area (Å²) in [5.41, 5.74) is 5.29. The van der Waals surface area contributed by atoms with Gasteiger partial charge in [-0.2, -0.15) is 5.10 Å². The van der Waals surface area contributed by atoms with Gasteiger partial charge < -0.3 is 10.1 Å². The zero-order chi connectivity index (χ0) is 22.4. The van der Waals surface area contributed by atoms with Crippen molar-refractivity contribution >= 4 is 11.0 Å². The van der Waals surface area contributed by atoms with Crippen molar-refractivity contribution in [2.24, 2.45) is 0 Å². The number of likely N-dealkylation sites (tertiary alicyclic amines) is 1. The number of hydrogen-bond donors (Lipinski definition) is 2. The predicted octanol–water partition coefficient (Wildman–Crippen LogP) is 4.83. The van der Waals surface area contributed by atoms with Crippen molar-refractivity contribution in [1.29, 1.82) is 0 Å². The van der Waals surface area contributed by atoms with Crippen LogP contribution in [0.3, 0.4) is 0 Å². The molecule has 0 amide bonds. The summed E-state index contributed by atoms with van der Waals surface area (Å²) in [5, 5.41) is 16.4. The molecule has 6 rings (SSSR count). The molecule has 0 radical (unpaired) electrons. The second-order valence-corrected chi connectivity index (χ2v) is 10.2. The standard InChI is InChI=1S/C27H34N4O2/c32-20-11-6-8-18(16-20)17-31-26-24(21-12-4-5-13-22(21)27(33)28-26)25(29-31)23-14-7-15-30(23)19-9-2-1-3-10-19/h6,8,11,16,19,23,32H,1-5,7,9-10,12-15,17H2,(H,28,33)/t23-/m1/s1. The van der Waals surface area contributed by atoms with E-state index >= 15 is 0 Å². The lowest BCUT2D eigenvalue weighted by Gasteiger charge is -2.35. The minimum absolute atomic E-state index is 0.0522. The highest BCUT2D eigenvalue weighted by Crippen LogP contribution is 2.41. The first-order valence-corrected chi connectivity index (χ1v) is 12.9. The molecule has 2 aliphatic carbocycles. The summed E-state index contributed by atoms with van der Waals surface area (Å²) in [5.74, 6) is 0.259. The average Bonchev–Trinajstić information content (AvgIpc) is 3.45. The maximum Gasteiger partial charge on any atom is 0.253 e. The molecule has 2 aromatic heterocycles. The van der Waals surface area contributed by atoms with Gasteiger partial charge in [0.2, 0.25) is 0 Å². The van der Waals surface area contributed by atoms with Gasteiger partial charge in [0.1, 0.15) is 11.4 Å². The van der Waals surface area contributed by atoms with E-state index in [0.29, 0.717) is 18.6 Å². The molecular weight excluding hydrogens is 412 g/mol. The SMILES string of the molecule is O=c1[nH]c2c(c([C@H]3CCCN3C3CCCCC3)nn2Cc2cccc(O)c2)c2c1CCCC2. The molecule has 6 heteroatoms. The number of hydrogen-bond acceptors (Lipinski definition) is 4. The molecule has 2 N–H and O–H groups in total. The Bertz CT molecular complexity index is 1220. The largest absolute Gasteiger partial charge is 0.508 e. The lowest BCUT2D eigenvalue weighted by atomic mass is 9.89. The Morgan fingerprint density at radius 3 is 2.64 bits per heavy atom. The van der Waals surface area contributed by atoms with Crippen molar-refractivity contribution in [3.8, 4) is 5.75 Å². The molecule has 33 heavy (non-hydrogen) atoms. The summed E-state index contributed by atoms with van der Waals surface area (Å²) < 4.78 is 1.98. The molecule has 0 unspecified atom stereocenters. The Labute approximate surface area is 194 Å². The third kappa shape index (κ3) is 3.78. The van der Waals surface area contributed by atoms with Gasteiger partial charge in [0.05, 0.1) is 18.3 Å². The monoisotopic (exact) mass is 446 g/mol. The predicted molar refractivity (Wildman–Crippen MR) is 130 cm³/mol. The quantitative estimate of drug-likeness (QED) is 0.602. The van der Waals surface area contributed by atoms with Crippen LogP contribution in [0.2, 0.25) is 0 Å². The number of nitrogens with zero attached hydrogens (tertiary/aromatic N) is 3. The zero-order valence-electron chi connectivity index (χ0n) is 19.4. The number of benzene rings is 1. The van der Waals surface area contributed by atoms with Crippen molar-refractivity contribution in [3.63, 3.8) is 0 Å². The van der Waals surface area contributed by atoms with Crippen molar-refractivity contribution in [2.45, 2.75) is 89.3 Å². The fourth-order valence-corrected chi connectivity index (χ4v) is 6.63. The van der Waals surface area contributed by atoms with Crippen LogP contribution in [-0.2, 0) is 19.4 Å². The van der Waals surface area contributed by atoms with E-state index in [4.69, 9.17) is 5.10 Å². The average molecular weight is 447 g/mol. The number of pyridine rings is 1. The first-order valence-electron chi connectivity index (χ1n) is 12.9. The second kappa shape index (κ2) is 8.64. The van der Waals surface area contributed by atoms with Crippen LogP contribution in [0.4, 0.5) is 0 Å². The molecule has 2 fully saturated rings. The lowest BCUT2D eigenvalue weighted by Crippen LogP contribution is -2.36. The fourth-order valence-electron chi connectivity index (χ4n) is 6.63. The summed E-state index contributed by atoms with van der Waals surface area (Å²) in [6.45, 7) is 1.69. The van der Waals surface area contributed by atoms with Crippen LogP contribution in [0.1, 0.15) is 86.2 Å². The van der Waals surface area contributed by atoms with Crippen molar-refractivity contribution in [2.75, 3.05) is 6.54 Å². The molecule has 0 spiro atoms. The third-order valence-electron chi connectivity index (χ3n) is 8.15. The number of phenolic OH excluding ortho intramolecular Hbond substituents is 1. The van der Waals surface area contributed by atoms with Gasteiger partial charge in [-0.3, -0.25) is 9.69 Å². The lowest BCUT2D eigenvalue weighted by molar-refractivity contribution is 0.140. The van der Waals surface area contributed by atoms with E-state index < -0.39 is 0 Å². The van der Waals surface area contributed by atoms with E-state index in [2.05, 4.69) is 9.88 Å². The second-order valence-electron chi connectivity index (χ2n) is 10.2. The number of H-pyrrole nitrogens is 1. The maximum atomic E-state index is 13.0. The van der Waals surface area contributed by atoms with Gasteiger partial charge in [-0.1, -0.05) is 31.4 Å². The Morgan fingerprint density at radius 1 is 1.00 bits per heavy atom. The summed E-state index contributed by atoms with van der Waals surface area (Å²) in [6, 6.07) is 8.34. The number of rotatable bonds is 4. The van der Waals surface area contributed by atoms with Gasteiger partial charge in [-0.25, -0.2) is 4.68 Å². The van der Waals surface area contributed by atoms with Gasteiger partial charge >= 0.3 is 0 Å². The highest BCUT2D eigenvalue weighted by Gasteiger charge is 2.36. The summed E-state index contributed by atoms with van der Waals surface area (Å²) in [7, 11) is 0. The molecule has 3 heterocycles. The highest BCUT2D eigenvalue weighted by molar-refractivity contribution is 5.84. The number of phenols is 1. The van der Waals surface area contributed by atoms with E-state index in [-0.39, 0.29) is 11.3 Å². The van der Waals surface area contributed by atoms with Gasteiger partial charge in [-0.15, -0.1) is 0 Å². The number of fused-ring (bicyclic) bond motifs is 3. The fraction of sp³-hybridized carbons (Fsp3) is 0.556. The summed E-state index contributed by atoms with van der Waals surface area (Å²) in [6.07, 6.45) is 13.1. The highest BCUT2D eigenvalue weighted by atomic mass is 16.3. The minimum Gasteiger partial charge on any atom is -0.508 e. The Morgan fingerprint density at radius 2 is 1.82 bits per heavy atom. The van der Waals surface area contributed by atoms with E-state index in [0.717, 1.165) is 55.4 Å². The molecule has 1 aromatic carbocycles. The molecule has 3 aliphatic rings. The summed E-state index contributed by atoms with van der Waals surface area (Å²) >= 11 is 0. The first-order chi connectivity index (χ1) is 16.2. The van der Waals surface area contributed by atoms with E-state index in [1.807, 2.05) is 16.8 Å². The van der Waals surface area contributed by atoms with Gasteiger partial charge in [0, 0.05) is 17.0 Å². The van der Waals surface area contributed by atoms with E-state index in [1.54, 1.807) is 12.1 Å². The van der Waals surface area contributed by atoms with Crippen LogP contribution >= 0.6 is 0 Å².